The van der Waals surface area contributed by atoms with Crippen LogP contribution in [-0.2, 0) is 13.0 Å². The standard InChI is InChI=1S/C23H24N4O/c1-15-7-6-8-16(2)21(15)26-23-24-17(3)13-20(25-23)22(28)27-12-11-18-9-4-5-10-19(18)14-27/h4-10,13H,11-12,14H2,1-3H3,(H,24,25,26). The van der Waals surface area contributed by atoms with Gasteiger partial charge in [0.1, 0.15) is 5.69 Å². The highest BCUT2D eigenvalue weighted by molar-refractivity contribution is 5.93. The number of amides is 1. The first-order valence-electron chi connectivity index (χ1n) is 9.56. The Bertz CT molecular complexity index is 1020. The maximum absolute atomic E-state index is 13.1. The minimum Gasteiger partial charge on any atom is -0.333 e. The molecule has 5 nitrogen and oxygen atoms in total. The molecule has 0 bridgehead atoms. The summed E-state index contributed by atoms with van der Waals surface area (Å²) in [7, 11) is 0. The van der Waals surface area contributed by atoms with Crippen LogP contribution in [0.1, 0.15) is 38.4 Å². The normalized spacial score (nSPS) is 13.2. The van der Waals surface area contributed by atoms with Crippen LogP contribution < -0.4 is 5.32 Å². The summed E-state index contributed by atoms with van der Waals surface area (Å²) >= 11 is 0. The van der Waals surface area contributed by atoms with E-state index in [1.165, 1.54) is 11.1 Å². The molecule has 2 heterocycles. The van der Waals surface area contributed by atoms with E-state index in [2.05, 4.69) is 33.5 Å². The Morgan fingerprint density at radius 1 is 0.964 bits per heavy atom. The minimum absolute atomic E-state index is 0.0513. The molecule has 0 fully saturated rings. The van der Waals surface area contributed by atoms with E-state index in [-0.39, 0.29) is 5.91 Å². The highest BCUT2D eigenvalue weighted by Gasteiger charge is 2.23. The summed E-state index contributed by atoms with van der Waals surface area (Å²) in [5.41, 5.74) is 6.95. The molecule has 5 heteroatoms. The molecule has 0 radical (unpaired) electrons. The summed E-state index contributed by atoms with van der Waals surface area (Å²) < 4.78 is 0. The Labute approximate surface area is 165 Å². The smallest absolute Gasteiger partial charge is 0.272 e. The molecule has 2 aromatic carbocycles. The lowest BCUT2D eigenvalue weighted by Gasteiger charge is -2.28. The highest BCUT2D eigenvalue weighted by atomic mass is 16.2. The molecule has 0 unspecified atom stereocenters. The molecule has 0 spiro atoms. The van der Waals surface area contributed by atoms with Gasteiger partial charge in [0.2, 0.25) is 5.95 Å². The lowest BCUT2D eigenvalue weighted by molar-refractivity contribution is 0.0728. The molecular formula is C23H24N4O. The molecule has 0 saturated carbocycles. The van der Waals surface area contributed by atoms with E-state index < -0.39 is 0 Å². The van der Waals surface area contributed by atoms with Gasteiger partial charge >= 0.3 is 0 Å². The van der Waals surface area contributed by atoms with Crippen LogP contribution in [0.4, 0.5) is 11.6 Å². The number of rotatable bonds is 3. The van der Waals surface area contributed by atoms with E-state index in [1.807, 2.05) is 49.9 Å². The number of aryl methyl sites for hydroxylation is 3. The lowest BCUT2D eigenvalue weighted by Crippen LogP contribution is -2.36. The number of carbonyl (C=O) groups is 1. The van der Waals surface area contributed by atoms with Crippen LogP contribution >= 0.6 is 0 Å². The fourth-order valence-corrected chi connectivity index (χ4v) is 3.69. The number of para-hydroxylation sites is 1. The Morgan fingerprint density at radius 2 is 1.68 bits per heavy atom. The van der Waals surface area contributed by atoms with Crippen molar-refractivity contribution in [3.05, 3.63) is 82.2 Å². The number of carbonyl (C=O) groups excluding carboxylic acids is 1. The van der Waals surface area contributed by atoms with Crippen molar-refractivity contribution in [2.75, 3.05) is 11.9 Å². The van der Waals surface area contributed by atoms with Crippen molar-refractivity contribution in [3.63, 3.8) is 0 Å². The Morgan fingerprint density at radius 3 is 2.43 bits per heavy atom. The fraction of sp³-hybridized carbons (Fsp3) is 0.261. The zero-order chi connectivity index (χ0) is 19.7. The van der Waals surface area contributed by atoms with Crippen LogP contribution in [0.15, 0.2) is 48.5 Å². The second-order valence-corrected chi connectivity index (χ2v) is 7.36. The molecule has 28 heavy (non-hydrogen) atoms. The van der Waals surface area contributed by atoms with Crippen molar-refractivity contribution < 1.29 is 4.79 Å². The van der Waals surface area contributed by atoms with E-state index in [0.717, 1.165) is 28.9 Å². The molecule has 1 N–H and O–H groups in total. The van der Waals surface area contributed by atoms with Gasteiger partial charge in [-0.25, -0.2) is 9.97 Å². The van der Waals surface area contributed by atoms with Gasteiger partial charge in [-0.05, 0) is 55.5 Å². The van der Waals surface area contributed by atoms with Gasteiger partial charge in [-0.3, -0.25) is 4.79 Å². The predicted molar refractivity (Wildman–Crippen MR) is 111 cm³/mol. The summed E-state index contributed by atoms with van der Waals surface area (Å²) in [5.74, 6) is 0.405. The second kappa shape index (κ2) is 7.43. The van der Waals surface area contributed by atoms with Crippen LogP contribution in [0, 0.1) is 20.8 Å². The van der Waals surface area contributed by atoms with Gasteiger partial charge in [-0.2, -0.15) is 0 Å². The Balaban J connectivity index is 1.60. The van der Waals surface area contributed by atoms with Gasteiger partial charge in [0.15, 0.2) is 0 Å². The quantitative estimate of drug-likeness (QED) is 0.743. The lowest BCUT2D eigenvalue weighted by atomic mass is 10.00. The van der Waals surface area contributed by atoms with Crippen LogP contribution in [0.3, 0.4) is 0 Å². The SMILES string of the molecule is Cc1cc(C(=O)N2CCc3ccccc3C2)nc(Nc2c(C)cccc2C)n1. The fourth-order valence-electron chi connectivity index (χ4n) is 3.69. The van der Waals surface area contributed by atoms with Crippen molar-refractivity contribution in [1.82, 2.24) is 14.9 Å². The summed E-state index contributed by atoms with van der Waals surface area (Å²) in [4.78, 5) is 24.0. The highest BCUT2D eigenvalue weighted by Crippen LogP contribution is 2.24. The topological polar surface area (TPSA) is 58.1 Å². The third-order valence-electron chi connectivity index (χ3n) is 5.21. The first-order valence-corrected chi connectivity index (χ1v) is 9.56. The Kier molecular flexibility index (Phi) is 4.82. The minimum atomic E-state index is -0.0513. The number of fused-ring (bicyclic) bond motifs is 1. The average Bonchev–Trinajstić information content (AvgIpc) is 2.69. The van der Waals surface area contributed by atoms with E-state index >= 15 is 0 Å². The number of aromatic nitrogens is 2. The zero-order valence-corrected chi connectivity index (χ0v) is 16.5. The summed E-state index contributed by atoms with van der Waals surface area (Å²) in [6.07, 6.45) is 0.874. The predicted octanol–water partition coefficient (Wildman–Crippen LogP) is 4.34. The van der Waals surface area contributed by atoms with Gasteiger partial charge in [0.05, 0.1) is 0 Å². The summed E-state index contributed by atoms with van der Waals surface area (Å²) in [5, 5.41) is 3.30. The molecule has 3 aromatic rings. The molecular weight excluding hydrogens is 348 g/mol. The first kappa shape index (κ1) is 18.2. The van der Waals surface area contributed by atoms with Gasteiger partial charge in [-0.1, -0.05) is 42.5 Å². The van der Waals surface area contributed by atoms with Crippen LogP contribution in [-0.4, -0.2) is 27.3 Å². The van der Waals surface area contributed by atoms with Gasteiger partial charge in [-0.15, -0.1) is 0 Å². The first-order chi connectivity index (χ1) is 13.5. The zero-order valence-electron chi connectivity index (χ0n) is 16.5. The number of hydrogen-bond donors (Lipinski definition) is 1. The van der Waals surface area contributed by atoms with E-state index in [4.69, 9.17) is 0 Å². The second-order valence-electron chi connectivity index (χ2n) is 7.36. The maximum Gasteiger partial charge on any atom is 0.272 e. The van der Waals surface area contributed by atoms with E-state index in [9.17, 15) is 4.79 Å². The van der Waals surface area contributed by atoms with Gasteiger partial charge < -0.3 is 10.2 Å². The van der Waals surface area contributed by atoms with E-state index in [0.29, 0.717) is 24.7 Å². The number of nitrogens with zero attached hydrogens (tertiary/aromatic N) is 3. The average molecular weight is 372 g/mol. The molecule has 142 valence electrons. The van der Waals surface area contributed by atoms with Gasteiger partial charge in [0.25, 0.3) is 5.91 Å². The van der Waals surface area contributed by atoms with Crippen molar-refractivity contribution in [1.29, 1.82) is 0 Å². The van der Waals surface area contributed by atoms with Crippen molar-refractivity contribution in [2.24, 2.45) is 0 Å². The van der Waals surface area contributed by atoms with Gasteiger partial charge in [0, 0.05) is 24.5 Å². The third-order valence-corrected chi connectivity index (χ3v) is 5.21. The van der Waals surface area contributed by atoms with Crippen molar-refractivity contribution in [3.8, 4) is 0 Å². The number of benzene rings is 2. The van der Waals surface area contributed by atoms with Crippen LogP contribution in [0.2, 0.25) is 0 Å². The molecule has 4 rings (SSSR count). The number of hydrogen-bond acceptors (Lipinski definition) is 4. The largest absolute Gasteiger partial charge is 0.333 e. The number of nitrogens with one attached hydrogen (secondary N) is 1. The monoisotopic (exact) mass is 372 g/mol. The van der Waals surface area contributed by atoms with Crippen molar-refractivity contribution in [2.45, 2.75) is 33.7 Å². The van der Waals surface area contributed by atoms with Crippen molar-refractivity contribution >= 4 is 17.5 Å². The molecule has 1 aliphatic rings. The van der Waals surface area contributed by atoms with Crippen LogP contribution in [0.5, 0.6) is 0 Å². The molecule has 0 saturated heterocycles. The summed E-state index contributed by atoms with van der Waals surface area (Å²) in [6, 6.07) is 16.2. The molecule has 0 atom stereocenters. The molecule has 0 aliphatic carbocycles. The number of anilines is 2. The van der Waals surface area contributed by atoms with E-state index in [1.54, 1.807) is 6.07 Å². The Hall–Kier alpha value is -3.21. The third kappa shape index (κ3) is 3.60. The maximum atomic E-state index is 13.1. The summed E-state index contributed by atoms with van der Waals surface area (Å²) in [6.45, 7) is 7.31. The van der Waals surface area contributed by atoms with Crippen LogP contribution in [0.25, 0.3) is 0 Å². The molecule has 1 aromatic heterocycles. The molecule has 1 aliphatic heterocycles. The molecule has 1 amide bonds.